The number of carboxylic acids is 1. The molecule has 2 fully saturated rings. The lowest BCUT2D eigenvalue weighted by molar-refractivity contribution is -0.140. The fourth-order valence-electron chi connectivity index (χ4n) is 2.79. The quantitative estimate of drug-likeness (QED) is 0.892. The third-order valence-electron chi connectivity index (χ3n) is 4.34. The van der Waals surface area contributed by atoms with E-state index in [-0.39, 0.29) is 12.0 Å². The summed E-state index contributed by atoms with van der Waals surface area (Å²) >= 11 is 0. The molecule has 2 N–H and O–H groups in total. The van der Waals surface area contributed by atoms with Gasteiger partial charge in [-0.15, -0.1) is 0 Å². The highest BCUT2D eigenvalue weighted by atomic mass is 16.5. The van der Waals surface area contributed by atoms with Crippen molar-refractivity contribution in [3.8, 4) is 0 Å². The number of amides is 1. The molecule has 1 atom stereocenters. The van der Waals surface area contributed by atoms with E-state index < -0.39 is 11.4 Å². The Morgan fingerprint density at radius 2 is 1.90 bits per heavy atom. The van der Waals surface area contributed by atoms with Crippen LogP contribution in [0.15, 0.2) is 24.3 Å². The van der Waals surface area contributed by atoms with Crippen molar-refractivity contribution < 1.29 is 19.4 Å². The van der Waals surface area contributed by atoms with E-state index in [0.717, 1.165) is 24.8 Å². The maximum Gasteiger partial charge on any atom is 0.314 e. The Morgan fingerprint density at radius 1 is 1.19 bits per heavy atom. The minimum absolute atomic E-state index is 0.123. The van der Waals surface area contributed by atoms with Gasteiger partial charge in [-0.25, -0.2) is 0 Å². The molecule has 1 aliphatic heterocycles. The minimum Gasteiger partial charge on any atom is -0.481 e. The number of nitrogens with one attached hydrogen (secondary N) is 1. The molecule has 1 saturated heterocycles. The maximum absolute atomic E-state index is 12.0. The lowest BCUT2D eigenvalue weighted by Gasteiger charge is -2.21. The third kappa shape index (κ3) is 2.78. The molecular formula is C16H19NO4. The molecule has 1 unspecified atom stereocenters. The first-order valence-corrected chi connectivity index (χ1v) is 7.38. The second-order valence-electron chi connectivity index (χ2n) is 5.81. The Kier molecular flexibility index (Phi) is 3.68. The van der Waals surface area contributed by atoms with Gasteiger partial charge in [-0.05, 0) is 49.8 Å². The second-order valence-corrected chi connectivity index (χ2v) is 5.81. The molecule has 1 aromatic carbocycles. The fraction of sp³-hybridized carbons (Fsp3) is 0.500. The third-order valence-corrected chi connectivity index (χ3v) is 4.34. The zero-order valence-corrected chi connectivity index (χ0v) is 11.8. The van der Waals surface area contributed by atoms with E-state index in [1.54, 1.807) is 24.3 Å². The van der Waals surface area contributed by atoms with Crippen LogP contribution in [0.1, 0.15) is 37.7 Å². The number of rotatable bonds is 4. The SMILES string of the molecule is O=C(Nc1ccc(C2(C(=O)O)CC2)cc1)C1CCCCO1. The predicted molar refractivity (Wildman–Crippen MR) is 77.2 cm³/mol. The van der Waals surface area contributed by atoms with Crippen molar-refractivity contribution in [1.82, 2.24) is 0 Å². The van der Waals surface area contributed by atoms with Crippen LogP contribution in [0.25, 0.3) is 0 Å². The van der Waals surface area contributed by atoms with Crippen molar-refractivity contribution in [2.45, 2.75) is 43.6 Å². The fourth-order valence-corrected chi connectivity index (χ4v) is 2.79. The summed E-state index contributed by atoms with van der Waals surface area (Å²) in [4.78, 5) is 23.3. The van der Waals surface area contributed by atoms with E-state index in [0.29, 0.717) is 25.1 Å². The molecule has 1 aliphatic carbocycles. The molecule has 112 valence electrons. The first-order chi connectivity index (χ1) is 10.1. The topological polar surface area (TPSA) is 75.6 Å². The highest BCUT2D eigenvalue weighted by Crippen LogP contribution is 2.48. The minimum atomic E-state index is -0.769. The Bertz CT molecular complexity index is 542. The molecule has 5 heteroatoms. The molecule has 0 bridgehead atoms. The van der Waals surface area contributed by atoms with Gasteiger partial charge >= 0.3 is 5.97 Å². The number of hydrogen-bond donors (Lipinski definition) is 2. The first-order valence-electron chi connectivity index (χ1n) is 7.38. The van der Waals surface area contributed by atoms with Gasteiger partial charge in [0.1, 0.15) is 6.10 Å². The predicted octanol–water partition coefficient (Wildman–Crippen LogP) is 2.31. The van der Waals surface area contributed by atoms with Gasteiger partial charge in [-0.3, -0.25) is 9.59 Å². The molecule has 3 rings (SSSR count). The van der Waals surface area contributed by atoms with E-state index in [1.165, 1.54) is 0 Å². The molecule has 1 aromatic rings. The van der Waals surface area contributed by atoms with E-state index >= 15 is 0 Å². The Labute approximate surface area is 123 Å². The molecule has 0 spiro atoms. The van der Waals surface area contributed by atoms with Gasteiger partial charge in [0.05, 0.1) is 5.41 Å². The van der Waals surface area contributed by atoms with Crippen LogP contribution >= 0.6 is 0 Å². The zero-order chi connectivity index (χ0) is 14.9. The maximum atomic E-state index is 12.0. The van der Waals surface area contributed by atoms with Crippen LogP contribution in [0.3, 0.4) is 0 Å². The summed E-state index contributed by atoms with van der Waals surface area (Å²) < 4.78 is 5.44. The Hall–Kier alpha value is -1.88. The number of aliphatic carboxylic acids is 1. The summed E-state index contributed by atoms with van der Waals surface area (Å²) in [5.74, 6) is -0.892. The van der Waals surface area contributed by atoms with E-state index in [2.05, 4.69) is 5.32 Å². The summed E-state index contributed by atoms with van der Waals surface area (Å²) in [6, 6.07) is 7.11. The van der Waals surface area contributed by atoms with Crippen LogP contribution in [0.2, 0.25) is 0 Å². The van der Waals surface area contributed by atoms with E-state index in [1.807, 2.05) is 0 Å². The van der Waals surface area contributed by atoms with Crippen molar-refractivity contribution in [3.63, 3.8) is 0 Å². The molecule has 2 aliphatic rings. The van der Waals surface area contributed by atoms with Crippen LogP contribution in [0.4, 0.5) is 5.69 Å². The van der Waals surface area contributed by atoms with Crippen molar-refractivity contribution in [1.29, 1.82) is 0 Å². The summed E-state index contributed by atoms with van der Waals surface area (Å²) in [5.41, 5.74) is 0.788. The molecule has 1 saturated carbocycles. The Morgan fingerprint density at radius 3 is 2.43 bits per heavy atom. The molecular weight excluding hydrogens is 270 g/mol. The van der Waals surface area contributed by atoms with Crippen molar-refractivity contribution in [2.24, 2.45) is 0 Å². The number of carbonyl (C=O) groups excluding carboxylic acids is 1. The van der Waals surface area contributed by atoms with Crippen molar-refractivity contribution >= 4 is 17.6 Å². The summed E-state index contributed by atoms with van der Waals surface area (Å²) in [7, 11) is 0. The lowest BCUT2D eigenvalue weighted by atomic mass is 9.96. The number of carboxylic acid groups (broad SMARTS) is 1. The smallest absolute Gasteiger partial charge is 0.314 e. The van der Waals surface area contributed by atoms with E-state index in [4.69, 9.17) is 4.74 Å². The van der Waals surface area contributed by atoms with Crippen LogP contribution in [-0.4, -0.2) is 29.7 Å². The molecule has 1 amide bonds. The average Bonchev–Trinajstić information content (AvgIpc) is 3.31. The van der Waals surface area contributed by atoms with Crippen molar-refractivity contribution in [2.75, 3.05) is 11.9 Å². The van der Waals surface area contributed by atoms with Crippen LogP contribution < -0.4 is 5.32 Å². The largest absolute Gasteiger partial charge is 0.481 e. The van der Waals surface area contributed by atoms with Crippen LogP contribution in [0.5, 0.6) is 0 Å². The van der Waals surface area contributed by atoms with Crippen LogP contribution in [-0.2, 0) is 19.7 Å². The van der Waals surface area contributed by atoms with Gasteiger partial charge in [0.25, 0.3) is 5.91 Å². The normalized spacial score (nSPS) is 23.3. The van der Waals surface area contributed by atoms with Gasteiger partial charge in [-0.1, -0.05) is 12.1 Å². The summed E-state index contributed by atoms with van der Waals surface area (Å²) in [5, 5.41) is 12.1. The lowest BCUT2D eigenvalue weighted by Crippen LogP contribution is -2.33. The number of benzene rings is 1. The summed E-state index contributed by atoms with van der Waals surface area (Å²) in [6.45, 7) is 0.637. The molecule has 5 nitrogen and oxygen atoms in total. The van der Waals surface area contributed by atoms with Gasteiger partial charge in [0.2, 0.25) is 0 Å². The zero-order valence-electron chi connectivity index (χ0n) is 11.8. The molecule has 1 heterocycles. The molecule has 21 heavy (non-hydrogen) atoms. The Balaban J connectivity index is 1.65. The van der Waals surface area contributed by atoms with E-state index in [9.17, 15) is 14.7 Å². The summed E-state index contributed by atoms with van der Waals surface area (Å²) in [6.07, 6.45) is 3.78. The molecule has 0 radical (unpaired) electrons. The molecule has 0 aromatic heterocycles. The standard InChI is InChI=1S/C16H19NO4/c18-14(13-3-1-2-10-21-13)17-12-6-4-11(5-7-12)16(8-9-16)15(19)20/h4-7,13H,1-3,8-10H2,(H,17,18)(H,19,20). The number of hydrogen-bond acceptors (Lipinski definition) is 3. The average molecular weight is 289 g/mol. The monoisotopic (exact) mass is 289 g/mol. The van der Waals surface area contributed by atoms with Gasteiger partial charge in [0, 0.05) is 12.3 Å². The van der Waals surface area contributed by atoms with Crippen LogP contribution in [0, 0.1) is 0 Å². The second kappa shape index (κ2) is 5.48. The first kappa shape index (κ1) is 14.1. The van der Waals surface area contributed by atoms with Gasteiger partial charge in [-0.2, -0.15) is 0 Å². The van der Waals surface area contributed by atoms with Gasteiger partial charge < -0.3 is 15.2 Å². The van der Waals surface area contributed by atoms with Gasteiger partial charge in [0.15, 0.2) is 0 Å². The number of anilines is 1. The highest BCUT2D eigenvalue weighted by molar-refractivity contribution is 5.94. The highest BCUT2D eigenvalue weighted by Gasteiger charge is 2.51. The number of ether oxygens (including phenoxy) is 1. The van der Waals surface area contributed by atoms with Crippen molar-refractivity contribution in [3.05, 3.63) is 29.8 Å². The number of carbonyl (C=O) groups is 2.